The normalized spacial score (nSPS) is 19.9. The SMILES string of the molecule is OC1C(=Cc2ccccc2F)COc2ccccc21. The Hall–Kier alpha value is -2.13. The van der Waals surface area contributed by atoms with Gasteiger partial charge in [0.15, 0.2) is 0 Å². The first-order valence-electron chi connectivity index (χ1n) is 6.10. The molecule has 3 heteroatoms. The molecule has 1 aliphatic rings. The van der Waals surface area contributed by atoms with E-state index in [0.717, 1.165) is 5.56 Å². The lowest BCUT2D eigenvalue weighted by Gasteiger charge is -2.25. The lowest BCUT2D eigenvalue weighted by Crippen LogP contribution is -2.17. The number of halogens is 1. The summed E-state index contributed by atoms with van der Waals surface area (Å²) in [5, 5.41) is 10.3. The number of benzene rings is 2. The predicted octanol–water partition coefficient (Wildman–Crippen LogP) is 3.34. The van der Waals surface area contributed by atoms with Gasteiger partial charge in [-0.25, -0.2) is 4.39 Å². The Morgan fingerprint density at radius 3 is 2.68 bits per heavy atom. The molecule has 0 fully saturated rings. The van der Waals surface area contributed by atoms with E-state index in [-0.39, 0.29) is 12.4 Å². The minimum atomic E-state index is -0.746. The Kier molecular flexibility index (Phi) is 3.05. The number of hydrogen-bond donors (Lipinski definition) is 1. The summed E-state index contributed by atoms with van der Waals surface area (Å²) in [5.41, 5.74) is 1.83. The third-order valence-corrected chi connectivity index (χ3v) is 3.21. The lowest BCUT2D eigenvalue weighted by molar-refractivity contribution is 0.172. The first-order chi connectivity index (χ1) is 9.25. The Labute approximate surface area is 110 Å². The van der Waals surface area contributed by atoms with E-state index in [2.05, 4.69) is 0 Å². The van der Waals surface area contributed by atoms with Crippen molar-refractivity contribution in [3.63, 3.8) is 0 Å². The number of para-hydroxylation sites is 1. The summed E-state index contributed by atoms with van der Waals surface area (Å²) in [4.78, 5) is 0. The highest BCUT2D eigenvalue weighted by atomic mass is 19.1. The van der Waals surface area contributed by atoms with E-state index in [1.807, 2.05) is 24.3 Å². The van der Waals surface area contributed by atoms with Crippen LogP contribution in [-0.4, -0.2) is 11.7 Å². The Morgan fingerprint density at radius 1 is 1.11 bits per heavy atom. The van der Waals surface area contributed by atoms with Crippen LogP contribution in [0.25, 0.3) is 6.08 Å². The van der Waals surface area contributed by atoms with E-state index < -0.39 is 6.10 Å². The van der Waals surface area contributed by atoms with E-state index in [1.165, 1.54) is 6.07 Å². The summed E-state index contributed by atoms with van der Waals surface area (Å²) in [6, 6.07) is 13.8. The van der Waals surface area contributed by atoms with Crippen LogP contribution in [0.4, 0.5) is 4.39 Å². The van der Waals surface area contributed by atoms with Crippen LogP contribution in [0, 0.1) is 5.82 Å². The molecule has 1 N–H and O–H groups in total. The molecule has 0 spiro atoms. The molecule has 96 valence electrons. The highest BCUT2D eigenvalue weighted by Crippen LogP contribution is 2.35. The molecular weight excluding hydrogens is 243 g/mol. The molecule has 0 saturated heterocycles. The van der Waals surface area contributed by atoms with Crippen molar-refractivity contribution in [3.8, 4) is 5.75 Å². The second-order valence-corrected chi connectivity index (χ2v) is 4.47. The molecule has 2 aromatic rings. The maximum Gasteiger partial charge on any atom is 0.130 e. The van der Waals surface area contributed by atoms with E-state index in [0.29, 0.717) is 16.9 Å². The zero-order valence-electron chi connectivity index (χ0n) is 10.2. The van der Waals surface area contributed by atoms with Gasteiger partial charge in [0.2, 0.25) is 0 Å². The van der Waals surface area contributed by atoms with E-state index in [9.17, 15) is 9.50 Å². The summed E-state index contributed by atoms with van der Waals surface area (Å²) in [5.74, 6) is 0.377. The zero-order chi connectivity index (χ0) is 13.2. The fourth-order valence-electron chi connectivity index (χ4n) is 2.19. The largest absolute Gasteiger partial charge is 0.489 e. The third kappa shape index (κ3) is 2.25. The van der Waals surface area contributed by atoms with Gasteiger partial charge in [0, 0.05) is 16.7 Å². The van der Waals surface area contributed by atoms with E-state index >= 15 is 0 Å². The summed E-state index contributed by atoms with van der Waals surface area (Å²) >= 11 is 0. The van der Waals surface area contributed by atoms with Crippen molar-refractivity contribution in [1.82, 2.24) is 0 Å². The van der Waals surface area contributed by atoms with Gasteiger partial charge in [0.25, 0.3) is 0 Å². The summed E-state index contributed by atoms with van der Waals surface area (Å²) in [6.07, 6.45) is 0.903. The Bertz CT molecular complexity index is 634. The van der Waals surface area contributed by atoms with E-state index in [4.69, 9.17) is 4.74 Å². The van der Waals surface area contributed by atoms with Crippen molar-refractivity contribution >= 4 is 6.08 Å². The summed E-state index contributed by atoms with van der Waals surface area (Å²) < 4.78 is 19.2. The molecule has 1 aliphatic heterocycles. The van der Waals surface area contributed by atoms with Crippen LogP contribution in [-0.2, 0) is 0 Å². The van der Waals surface area contributed by atoms with Crippen molar-refractivity contribution in [2.75, 3.05) is 6.61 Å². The summed E-state index contributed by atoms with van der Waals surface area (Å²) in [6.45, 7) is 0.270. The highest BCUT2D eigenvalue weighted by molar-refractivity contribution is 5.57. The maximum atomic E-state index is 13.6. The molecule has 0 aliphatic carbocycles. The Balaban J connectivity index is 1.98. The lowest BCUT2D eigenvalue weighted by atomic mass is 9.97. The molecule has 0 bridgehead atoms. The van der Waals surface area contributed by atoms with Crippen molar-refractivity contribution in [3.05, 3.63) is 71.0 Å². The van der Waals surface area contributed by atoms with Gasteiger partial charge >= 0.3 is 0 Å². The van der Waals surface area contributed by atoms with Gasteiger partial charge in [-0.2, -0.15) is 0 Å². The van der Waals surface area contributed by atoms with Crippen LogP contribution < -0.4 is 4.74 Å². The molecule has 1 unspecified atom stereocenters. The minimum Gasteiger partial charge on any atom is -0.489 e. The molecule has 0 amide bonds. The summed E-state index contributed by atoms with van der Waals surface area (Å²) in [7, 11) is 0. The van der Waals surface area contributed by atoms with Crippen molar-refractivity contribution in [1.29, 1.82) is 0 Å². The standard InChI is InChI=1S/C16H13FO2/c17-14-7-3-1-5-11(14)9-12-10-19-15-8-4-2-6-13(15)16(12)18/h1-9,16,18H,10H2. The number of aliphatic hydroxyl groups excluding tert-OH is 1. The topological polar surface area (TPSA) is 29.5 Å². The van der Waals surface area contributed by atoms with E-state index in [1.54, 1.807) is 24.3 Å². The quantitative estimate of drug-likeness (QED) is 0.848. The average molecular weight is 256 g/mol. The van der Waals surface area contributed by atoms with Crippen LogP contribution in [0.15, 0.2) is 54.1 Å². The maximum absolute atomic E-state index is 13.6. The molecule has 0 saturated carbocycles. The number of fused-ring (bicyclic) bond motifs is 1. The number of rotatable bonds is 1. The van der Waals surface area contributed by atoms with Crippen LogP contribution in [0.2, 0.25) is 0 Å². The van der Waals surface area contributed by atoms with Crippen molar-refractivity contribution in [2.45, 2.75) is 6.10 Å². The molecule has 0 radical (unpaired) electrons. The van der Waals surface area contributed by atoms with Gasteiger partial charge in [-0.3, -0.25) is 0 Å². The average Bonchev–Trinajstić information content (AvgIpc) is 2.44. The molecule has 0 aromatic heterocycles. The van der Waals surface area contributed by atoms with Crippen molar-refractivity contribution in [2.24, 2.45) is 0 Å². The number of hydrogen-bond acceptors (Lipinski definition) is 2. The van der Waals surface area contributed by atoms with Crippen LogP contribution >= 0.6 is 0 Å². The van der Waals surface area contributed by atoms with Gasteiger partial charge in [-0.15, -0.1) is 0 Å². The monoisotopic (exact) mass is 256 g/mol. The first kappa shape index (κ1) is 11.9. The number of ether oxygens (including phenoxy) is 1. The fraction of sp³-hybridized carbons (Fsp3) is 0.125. The van der Waals surface area contributed by atoms with Gasteiger partial charge in [-0.1, -0.05) is 36.4 Å². The molecule has 19 heavy (non-hydrogen) atoms. The predicted molar refractivity (Wildman–Crippen MR) is 71.3 cm³/mol. The third-order valence-electron chi connectivity index (χ3n) is 3.21. The molecular formula is C16H13FO2. The highest BCUT2D eigenvalue weighted by Gasteiger charge is 2.23. The molecule has 1 atom stereocenters. The van der Waals surface area contributed by atoms with Crippen molar-refractivity contribution < 1.29 is 14.2 Å². The Morgan fingerprint density at radius 2 is 1.84 bits per heavy atom. The number of aliphatic hydroxyl groups is 1. The zero-order valence-corrected chi connectivity index (χ0v) is 10.2. The first-order valence-corrected chi connectivity index (χ1v) is 6.10. The van der Waals surface area contributed by atoms with Crippen LogP contribution in [0.1, 0.15) is 17.2 Å². The van der Waals surface area contributed by atoms with Gasteiger partial charge in [0.05, 0.1) is 0 Å². The minimum absolute atomic E-state index is 0.270. The van der Waals surface area contributed by atoms with Gasteiger partial charge in [0.1, 0.15) is 24.3 Å². The molecule has 3 rings (SSSR count). The smallest absolute Gasteiger partial charge is 0.130 e. The van der Waals surface area contributed by atoms with Crippen LogP contribution in [0.5, 0.6) is 5.75 Å². The molecule has 2 nitrogen and oxygen atoms in total. The van der Waals surface area contributed by atoms with Gasteiger partial charge < -0.3 is 9.84 Å². The second kappa shape index (κ2) is 4.86. The fourth-order valence-corrected chi connectivity index (χ4v) is 2.19. The van der Waals surface area contributed by atoms with Gasteiger partial charge in [-0.05, 0) is 18.2 Å². The molecule has 2 aromatic carbocycles. The molecule has 1 heterocycles. The van der Waals surface area contributed by atoms with Crippen LogP contribution in [0.3, 0.4) is 0 Å². The second-order valence-electron chi connectivity index (χ2n) is 4.47.